The van der Waals surface area contributed by atoms with Crippen LogP contribution in [-0.4, -0.2) is 148 Å². The highest BCUT2D eigenvalue weighted by Crippen LogP contribution is 2.67. The van der Waals surface area contributed by atoms with Crippen molar-refractivity contribution in [3.63, 3.8) is 0 Å². The fourth-order valence-corrected chi connectivity index (χ4v) is 19.9. The van der Waals surface area contributed by atoms with Gasteiger partial charge in [-0.25, -0.2) is 42.8 Å². The van der Waals surface area contributed by atoms with Gasteiger partial charge in [0.25, 0.3) is 11.8 Å². The van der Waals surface area contributed by atoms with Crippen LogP contribution >= 0.6 is 23.5 Å². The second-order valence-electron chi connectivity index (χ2n) is 29.9. The predicted molar refractivity (Wildman–Crippen MR) is 437 cm³/mol. The lowest BCUT2D eigenvalue weighted by molar-refractivity contribution is -0.123. The van der Waals surface area contributed by atoms with Crippen molar-refractivity contribution in [2.24, 2.45) is 0 Å². The zero-order valence-electron chi connectivity index (χ0n) is 64.5. The molecule has 8 aromatic rings. The number of imidazole rings is 1. The van der Waals surface area contributed by atoms with Crippen LogP contribution in [0.25, 0.3) is 50.2 Å². The number of carbonyl (C=O) groups excluding carboxylic acids is 4. The van der Waals surface area contributed by atoms with Gasteiger partial charge in [0.15, 0.2) is 34.5 Å². The number of carboxylic acids is 2. The maximum absolute atomic E-state index is 14.9. The number of hydrogen-bond acceptors (Lipinski definition) is 22. The van der Waals surface area contributed by atoms with E-state index in [4.69, 9.17) is 33.9 Å². The van der Waals surface area contributed by atoms with Crippen molar-refractivity contribution in [2.45, 2.75) is 115 Å². The molecule has 16 rings (SSSR count). The predicted octanol–water partition coefficient (Wildman–Crippen LogP) is 7.77. The Morgan fingerprint density at radius 3 is 2.17 bits per heavy atom. The third-order valence-electron chi connectivity index (χ3n) is 21.9. The maximum Gasteiger partial charge on any atom is 0.490 e. The number of phosphoric ester groups is 1. The Kier molecular flexibility index (Phi) is 23.2. The van der Waals surface area contributed by atoms with Crippen LogP contribution in [0.5, 0.6) is 17.2 Å². The number of aryl methyl sites for hydroxylation is 2. The molecular formula is C84H79N11O23P3+. The number of aromatic nitrogens is 4. The van der Waals surface area contributed by atoms with Gasteiger partial charge in [0.05, 0.1) is 29.8 Å². The van der Waals surface area contributed by atoms with E-state index in [1.54, 1.807) is 42.5 Å². The number of unbranched alkanes of at least 4 members (excludes halogenated alkanes) is 2. The number of aromatic carboxylic acids is 2. The fraction of sp³-hybridized carbons (Fsp3) is 0.298. The molecule has 0 spiro atoms. The minimum atomic E-state index is -5.82. The number of hydrogen-bond donors (Lipinski definition) is 12. The number of rotatable bonds is 25. The molecule has 5 atom stereocenters. The van der Waals surface area contributed by atoms with Gasteiger partial charge in [-0.05, 0) is 159 Å². The topological polar surface area (TPSA) is 496 Å². The fourth-order valence-electron chi connectivity index (χ4n) is 16.8. The molecule has 0 saturated carbocycles. The maximum atomic E-state index is 14.9. The number of carboxylic acid groups (broad SMARTS) is 2. The van der Waals surface area contributed by atoms with Gasteiger partial charge in [-0.2, -0.15) is 8.62 Å². The molecule has 34 nitrogen and oxygen atoms in total. The molecule has 9 heterocycles. The van der Waals surface area contributed by atoms with E-state index in [1.165, 1.54) is 81.3 Å². The summed E-state index contributed by atoms with van der Waals surface area (Å²) in [5.41, 5.74) is 15.8. The Balaban J connectivity index is 0.603. The zero-order chi connectivity index (χ0) is 84.8. The number of benzene rings is 7. The summed E-state index contributed by atoms with van der Waals surface area (Å²) in [6, 6.07) is 27.3. The number of phosphoric acid groups is 3. The first-order valence-electron chi connectivity index (χ1n) is 39.1. The van der Waals surface area contributed by atoms with E-state index in [1.807, 2.05) is 0 Å². The number of phenols is 1. The van der Waals surface area contributed by atoms with Crippen molar-refractivity contribution in [2.75, 3.05) is 56.4 Å². The lowest BCUT2D eigenvalue weighted by atomic mass is 9.81. The van der Waals surface area contributed by atoms with Crippen LogP contribution in [0.3, 0.4) is 0 Å². The highest BCUT2D eigenvalue weighted by Gasteiger charge is 2.45. The molecule has 1 saturated heterocycles. The molecular weight excluding hydrogens is 1620 g/mol. The van der Waals surface area contributed by atoms with E-state index in [0.29, 0.717) is 52.5 Å². The van der Waals surface area contributed by atoms with Crippen molar-refractivity contribution in [3.8, 4) is 63.4 Å². The highest BCUT2D eigenvalue weighted by atomic mass is 31.3. The molecule has 0 radical (unpaired) electrons. The molecule has 1 aliphatic carbocycles. The number of ether oxygens (including phenoxy) is 2. The minimum Gasteiger partial charge on any atom is -0.508 e. The molecule has 622 valence electrons. The van der Waals surface area contributed by atoms with E-state index >= 15 is 0 Å². The van der Waals surface area contributed by atoms with Gasteiger partial charge in [0.1, 0.15) is 60.3 Å². The zero-order valence-corrected chi connectivity index (χ0v) is 67.2. The van der Waals surface area contributed by atoms with Crippen molar-refractivity contribution >= 4 is 98.2 Å². The summed E-state index contributed by atoms with van der Waals surface area (Å²) in [5, 5.41) is 45.9. The first kappa shape index (κ1) is 82.4. The van der Waals surface area contributed by atoms with E-state index in [-0.39, 0.29) is 124 Å². The van der Waals surface area contributed by atoms with Crippen LogP contribution in [0, 0.1) is 23.7 Å². The Bertz CT molecular complexity index is 6460. The van der Waals surface area contributed by atoms with Crippen molar-refractivity contribution in [3.05, 3.63) is 209 Å². The van der Waals surface area contributed by atoms with Crippen LogP contribution < -0.4 is 57.2 Å². The van der Waals surface area contributed by atoms with Crippen LogP contribution in [0.15, 0.2) is 125 Å². The first-order chi connectivity index (χ1) is 58.1. The number of carbonyl (C=O) groups is 6. The van der Waals surface area contributed by atoms with Crippen molar-refractivity contribution < 1.29 is 104 Å². The molecule has 13 N–H and O–H groups in total. The van der Waals surface area contributed by atoms with E-state index in [2.05, 4.69) is 90.1 Å². The van der Waals surface area contributed by atoms with Crippen LogP contribution in [0.1, 0.15) is 162 Å². The second kappa shape index (κ2) is 34.1. The van der Waals surface area contributed by atoms with Gasteiger partial charge in [0, 0.05) is 130 Å². The van der Waals surface area contributed by atoms with Crippen molar-refractivity contribution in [1.29, 1.82) is 0 Å². The first-order valence-corrected chi connectivity index (χ1v) is 43.6. The molecule has 0 bridgehead atoms. The third-order valence-corrected chi connectivity index (χ3v) is 25.7. The van der Waals surface area contributed by atoms with Crippen LogP contribution in [-0.2, 0) is 73.3 Å². The molecule has 1 fully saturated rings. The second-order valence-corrected chi connectivity index (χ2v) is 34.3. The number of nitrogen functional groups attached to an aromatic ring is 1. The Morgan fingerprint density at radius 2 is 1.40 bits per heavy atom. The molecule has 37 heteroatoms. The van der Waals surface area contributed by atoms with Crippen LogP contribution in [0.2, 0.25) is 0 Å². The number of anilines is 2. The quantitative estimate of drug-likeness (QED) is 0.00854. The number of nitrogens with two attached hydrogens (primary N) is 1. The molecule has 2 aromatic heterocycles. The molecule has 3 unspecified atom stereocenters. The highest BCUT2D eigenvalue weighted by molar-refractivity contribution is 7.66. The Morgan fingerprint density at radius 1 is 0.686 bits per heavy atom. The molecule has 4 amide bonds. The monoisotopic (exact) mass is 1700 g/mol. The van der Waals surface area contributed by atoms with Gasteiger partial charge in [-0.3, -0.25) is 33.1 Å². The van der Waals surface area contributed by atoms with Crippen molar-refractivity contribution in [1.82, 2.24) is 45.4 Å². The number of amides is 4. The standard InChI is InChI=1S/C84H78N11O23P3/c85-78-73-79(90-45-89-78)95(69-29-30-70(114-69)116-120(109,110)118-121(111,112)117-119(106,107)108)67(92-73)15-5-32-86-68(98)16-2-1-3-31-88-82(101)64(38-47-19-17-46(18-20-47)10-4-33-87-80(99)50-21-25-54(60(41-50)83(102)103)71-56-27-23-52(96)43-65(56)113-66-44-53(97)24-28-57(66)71)91-81(100)51-22-26-55(61(42-51)84(104)105)72-62-39-48-11-6-34-93-36-8-13-58(74(48)93)76(62)115-77-59-14-9-37-94-35-7-12-49(75(59)94)40-63(72)77/h17-28,39-45,64,69-70H,1-3,6-9,11-14,16,29-38H2,(H12-,85,86,87,88,89,90,91,96,97,98,99,100,101,102,103,104,105,106,107,108,109,110,111,112)/p+1/t64?,69-,70-/m1/s1. The average molecular weight is 1700 g/mol. The third kappa shape index (κ3) is 17.7. The van der Waals surface area contributed by atoms with E-state index in [9.17, 15) is 72.4 Å². The minimum absolute atomic E-state index is 0.00718. The van der Waals surface area contributed by atoms with E-state index < -0.39 is 71.7 Å². The molecule has 6 aromatic carbocycles. The Hall–Kier alpha value is -12.3. The lowest BCUT2D eigenvalue weighted by Gasteiger charge is -2.39. The Labute approximate surface area is 688 Å². The number of aromatic hydroxyl groups is 1. The van der Waals surface area contributed by atoms with Gasteiger partial charge in [0.2, 0.25) is 17.2 Å². The summed E-state index contributed by atoms with van der Waals surface area (Å²) >= 11 is 0. The summed E-state index contributed by atoms with van der Waals surface area (Å²) in [7, 11) is -17.0. The smallest absolute Gasteiger partial charge is 0.490 e. The molecule has 121 heavy (non-hydrogen) atoms. The van der Waals surface area contributed by atoms with Gasteiger partial charge < -0.3 is 80.7 Å². The summed E-state index contributed by atoms with van der Waals surface area (Å²) in [6.45, 7) is 3.56. The average Bonchev–Trinajstić information content (AvgIpc) is 1.06. The summed E-state index contributed by atoms with van der Waals surface area (Å²) in [4.78, 5) is 148. The number of nitrogens with zero attached hydrogens (tertiary/aromatic N) is 6. The summed E-state index contributed by atoms with van der Waals surface area (Å²) in [6.07, 6.45) is 6.78. The van der Waals surface area contributed by atoms with Crippen LogP contribution in [0.4, 0.5) is 11.5 Å². The largest absolute Gasteiger partial charge is 0.508 e. The summed E-state index contributed by atoms with van der Waals surface area (Å²) in [5.74, 6) is 8.18. The number of phenolic OH excluding ortho intramolecular Hbond substituents is 1. The van der Waals surface area contributed by atoms with E-state index in [0.717, 1.165) is 123 Å². The van der Waals surface area contributed by atoms with Gasteiger partial charge >= 0.3 is 35.4 Å². The SMILES string of the molecule is Nc1ncnc2c1nc(C#CCNC(=O)CCCCCNC(=O)C(Cc1ccc(C#CCNC(=O)c3ccc(-c4c5ccc(=O)cc-5oc5cc(O)ccc45)c(C(=O)O)c3)cc1)NC(=O)c1ccc(C3=c4cc5c6c(c4Oc4c3cc3c7c4CCCN7CCC3)CCC[N+]=6CCC5)c(C(=O)O)c1)n2[C@H]1CC[C@@H](OP(=O)(O)OP(=O)(O)OP(=O)(O)O)O1. The number of nitrogens with one attached hydrogen (secondary N) is 4. The summed E-state index contributed by atoms with van der Waals surface area (Å²) < 4.78 is 70.9. The lowest BCUT2D eigenvalue weighted by Crippen LogP contribution is -2.48. The van der Waals surface area contributed by atoms with Gasteiger partial charge in [-0.15, -0.1) is 0 Å². The number of fused-ring (bicyclic) bond motifs is 7. The molecule has 7 aliphatic heterocycles. The van der Waals surface area contributed by atoms with Gasteiger partial charge in [-0.1, -0.05) is 48.4 Å². The molecule has 8 aliphatic rings. The normalized spacial score (nSPS) is 16.9.